The van der Waals surface area contributed by atoms with E-state index in [1.165, 1.54) is 14.3 Å². The van der Waals surface area contributed by atoms with Gasteiger partial charge in [0.2, 0.25) is 0 Å². The van der Waals surface area contributed by atoms with Gasteiger partial charge in [-0.1, -0.05) is 30.3 Å². The predicted molar refractivity (Wildman–Crippen MR) is 66.0 cm³/mol. The van der Waals surface area contributed by atoms with Crippen molar-refractivity contribution >= 4 is 33.4 Å². The van der Waals surface area contributed by atoms with E-state index < -0.39 is 0 Å². The molecule has 0 aromatic heterocycles. The van der Waals surface area contributed by atoms with Gasteiger partial charge in [0.05, 0.1) is 12.5 Å². The van der Waals surface area contributed by atoms with E-state index in [2.05, 4.69) is 46.9 Å². The molecule has 2 rings (SSSR count). The van der Waals surface area contributed by atoms with Gasteiger partial charge in [0, 0.05) is 3.57 Å². The summed E-state index contributed by atoms with van der Waals surface area (Å²) in [5.74, 6) is 0. The lowest BCUT2D eigenvalue weighted by Crippen LogP contribution is -1.85. The van der Waals surface area contributed by atoms with Crippen molar-refractivity contribution in [2.24, 2.45) is 0 Å². The molecule has 0 bridgehead atoms. The molecule has 0 saturated heterocycles. The topological polar surface area (TPSA) is 23.8 Å². The van der Waals surface area contributed by atoms with Gasteiger partial charge in [-0.2, -0.15) is 5.26 Å². The van der Waals surface area contributed by atoms with Crippen LogP contribution in [0.3, 0.4) is 0 Å². The summed E-state index contributed by atoms with van der Waals surface area (Å²) in [6.45, 7) is 0. The molecule has 0 atom stereocenters. The zero-order valence-electron chi connectivity index (χ0n) is 7.50. The molecule has 2 aromatic rings. The van der Waals surface area contributed by atoms with Gasteiger partial charge in [0.25, 0.3) is 0 Å². The maximum atomic E-state index is 8.70. The molecule has 0 aliphatic carbocycles. The Bertz CT molecular complexity index is 511. The van der Waals surface area contributed by atoms with Gasteiger partial charge in [-0.05, 0) is 45.0 Å². The molecular weight excluding hydrogens is 285 g/mol. The van der Waals surface area contributed by atoms with Gasteiger partial charge in [-0.25, -0.2) is 0 Å². The zero-order chi connectivity index (χ0) is 9.97. The summed E-state index contributed by atoms with van der Waals surface area (Å²) >= 11 is 2.32. The van der Waals surface area contributed by atoms with Crippen LogP contribution in [0.2, 0.25) is 0 Å². The van der Waals surface area contributed by atoms with Crippen LogP contribution >= 0.6 is 22.6 Å². The Morgan fingerprint density at radius 1 is 1.07 bits per heavy atom. The van der Waals surface area contributed by atoms with E-state index in [4.69, 9.17) is 5.26 Å². The van der Waals surface area contributed by atoms with E-state index in [9.17, 15) is 0 Å². The molecule has 68 valence electrons. The third-order valence-corrected chi connectivity index (χ3v) is 3.17. The Labute approximate surface area is 96.5 Å². The number of rotatable bonds is 1. The van der Waals surface area contributed by atoms with Gasteiger partial charge in [0.15, 0.2) is 0 Å². The van der Waals surface area contributed by atoms with Crippen LogP contribution in [0.1, 0.15) is 5.56 Å². The van der Waals surface area contributed by atoms with E-state index in [1.54, 1.807) is 0 Å². The molecule has 1 nitrogen and oxygen atoms in total. The number of nitriles is 1. The number of hydrogen-bond acceptors (Lipinski definition) is 1. The lowest BCUT2D eigenvalue weighted by atomic mass is 10.0. The van der Waals surface area contributed by atoms with Crippen molar-refractivity contribution in [3.05, 3.63) is 45.5 Å². The van der Waals surface area contributed by atoms with Crippen molar-refractivity contribution in [2.75, 3.05) is 0 Å². The summed E-state index contributed by atoms with van der Waals surface area (Å²) in [7, 11) is 0. The van der Waals surface area contributed by atoms with Gasteiger partial charge in [-0.15, -0.1) is 0 Å². The Balaban J connectivity index is 2.76. The maximum absolute atomic E-state index is 8.70. The second kappa shape index (κ2) is 3.97. The van der Waals surface area contributed by atoms with E-state index in [0.717, 1.165) is 5.56 Å². The molecule has 0 fully saturated rings. The van der Waals surface area contributed by atoms with Crippen LogP contribution in [-0.2, 0) is 6.42 Å². The number of fused-ring (bicyclic) bond motifs is 1. The molecule has 0 N–H and O–H groups in total. The highest BCUT2D eigenvalue weighted by molar-refractivity contribution is 14.1. The highest BCUT2D eigenvalue weighted by atomic mass is 127. The highest BCUT2D eigenvalue weighted by Crippen LogP contribution is 2.23. The Morgan fingerprint density at radius 2 is 1.79 bits per heavy atom. The summed E-state index contributed by atoms with van der Waals surface area (Å²) in [6, 6.07) is 14.5. The zero-order valence-corrected chi connectivity index (χ0v) is 9.65. The fourth-order valence-electron chi connectivity index (χ4n) is 1.58. The molecule has 0 heterocycles. The minimum atomic E-state index is 0.484. The first-order chi connectivity index (χ1) is 6.83. The Morgan fingerprint density at radius 3 is 2.57 bits per heavy atom. The average Bonchev–Trinajstić information content (AvgIpc) is 2.20. The van der Waals surface area contributed by atoms with Crippen molar-refractivity contribution in [1.29, 1.82) is 5.26 Å². The molecule has 0 unspecified atom stereocenters. The smallest absolute Gasteiger partial charge is 0.0669 e. The molecule has 0 radical (unpaired) electrons. The van der Waals surface area contributed by atoms with Crippen LogP contribution < -0.4 is 0 Å². The van der Waals surface area contributed by atoms with Crippen LogP contribution in [0.15, 0.2) is 36.4 Å². The highest BCUT2D eigenvalue weighted by Gasteiger charge is 2.01. The number of hydrogen-bond donors (Lipinski definition) is 0. The Hall–Kier alpha value is -1.08. The van der Waals surface area contributed by atoms with Gasteiger partial charge < -0.3 is 0 Å². The third kappa shape index (κ3) is 1.60. The van der Waals surface area contributed by atoms with Gasteiger partial charge in [-0.3, -0.25) is 0 Å². The normalized spacial score (nSPS) is 10.0. The number of halogens is 1. The first kappa shape index (κ1) is 9.47. The third-order valence-electron chi connectivity index (χ3n) is 2.23. The lowest BCUT2D eigenvalue weighted by Gasteiger charge is -2.04. The molecule has 2 heteroatoms. The van der Waals surface area contributed by atoms with Crippen molar-refractivity contribution < 1.29 is 0 Å². The fourth-order valence-corrected chi connectivity index (χ4v) is 2.25. The monoisotopic (exact) mass is 293 g/mol. The van der Waals surface area contributed by atoms with Crippen LogP contribution in [0.4, 0.5) is 0 Å². The molecule has 0 saturated carbocycles. The predicted octanol–water partition coefficient (Wildman–Crippen LogP) is 3.51. The van der Waals surface area contributed by atoms with E-state index in [0.29, 0.717) is 6.42 Å². The van der Waals surface area contributed by atoms with Crippen molar-refractivity contribution in [2.45, 2.75) is 6.42 Å². The van der Waals surface area contributed by atoms with Gasteiger partial charge >= 0.3 is 0 Å². The standard InChI is InChI=1S/C12H8IN/c13-12-6-2-4-10-9(7-8-14)3-1-5-11(10)12/h1-6H,7H2. The van der Waals surface area contributed by atoms with Crippen LogP contribution in [0.25, 0.3) is 10.8 Å². The minimum absolute atomic E-state index is 0.484. The summed E-state index contributed by atoms with van der Waals surface area (Å²) in [5, 5.41) is 11.1. The van der Waals surface area contributed by atoms with Crippen molar-refractivity contribution in [3.63, 3.8) is 0 Å². The van der Waals surface area contributed by atoms with Gasteiger partial charge in [0.1, 0.15) is 0 Å². The summed E-state index contributed by atoms with van der Waals surface area (Å²) in [5.41, 5.74) is 1.11. The molecule has 2 aromatic carbocycles. The summed E-state index contributed by atoms with van der Waals surface area (Å²) in [4.78, 5) is 0. The lowest BCUT2D eigenvalue weighted by molar-refractivity contribution is 1.29. The van der Waals surface area contributed by atoms with Crippen LogP contribution in [0, 0.1) is 14.9 Å². The molecule has 0 aliphatic heterocycles. The van der Waals surface area contributed by atoms with Crippen molar-refractivity contribution in [3.8, 4) is 6.07 Å². The minimum Gasteiger partial charge on any atom is -0.198 e. The summed E-state index contributed by atoms with van der Waals surface area (Å²) in [6.07, 6.45) is 0.484. The fraction of sp³-hybridized carbons (Fsp3) is 0.0833. The Kier molecular flexibility index (Phi) is 2.69. The average molecular weight is 293 g/mol. The van der Waals surface area contributed by atoms with Crippen molar-refractivity contribution in [1.82, 2.24) is 0 Å². The summed E-state index contributed by atoms with van der Waals surface area (Å²) < 4.78 is 1.24. The second-order valence-electron chi connectivity index (χ2n) is 3.09. The molecule has 14 heavy (non-hydrogen) atoms. The first-order valence-electron chi connectivity index (χ1n) is 4.36. The molecule has 0 spiro atoms. The van der Waals surface area contributed by atoms with E-state index >= 15 is 0 Å². The SMILES string of the molecule is N#CCc1cccc2c(I)cccc12. The van der Waals surface area contributed by atoms with Crippen LogP contribution in [0.5, 0.6) is 0 Å². The maximum Gasteiger partial charge on any atom is 0.0669 e. The van der Waals surface area contributed by atoms with Crippen LogP contribution in [-0.4, -0.2) is 0 Å². The quantitative estimate of drug-likeness (QED) is 0.738. The largest absolute Gasteiger partial charge is 0.198 e. The number of benzene rings is 2. The second-order valence-corrected chi connectivity index (χ2v) is 4.25. The number of nitrogens with zero attached hydrogens (tertiary/aromatic N) is 1. The molecular formula is C12H8IN. The first-order valence-corrected chi connectivity index (χ1v) is 5.44. The van der Waals surface area contributed by atoms with E-state index in [1.807, 2.05) is 18.2 Å². The van der Waals surface area contributed by atoms with E-state index in [-0.39, 0.29) is 0 Å². The molecule has 0 amide bonds. The molecule has 0 aliphatic rings.